The lowest BCUT2D eigenvalue weighted by atomic mass is 10.7. The van der Waals surface area contributed by atoms with E-state index in [1.165, 1.54) is 11.7 Å². The topological polar surface area (TPSA) is 34.9 Å². The minimum Gasteiger partial charge on any atom is -0.275 e. The number of nitrogens with zero attached hydrogens (tertiary/aromatic N) is 2. The maximum Gasteiger partial charge on any atom is 0.475 e. The van der Waals surface area contributed by atoms with Gasteiger partial charge in [0, 0.05) is 13.2 Å². The summed E-state index contributed by atoms with van der Waals surface area (Å²) >= 11 is 0. The number of halogens is 3. The molecule has 0 amide bonds. The van der Waals surface area contributed by atoms with Crippen LogP contribution in [0.2, 0.25) is 0 Å². The molecular formula is C5H5F3N2OS. The smallest absolute Gasteiger partial charge is 0.275 e. The molecule has 12 heavy (non-hydrogen) atoms. The van der Waals surface area contributed by atoms with Crippen molar-refractivity contribution in [1.82, 2.24) is 9.78 Å². The molecule has 0 N–H and O–H groups in total. The summed E-state index contributed by atoms with van der Waals surface area (Å²) in [6.45, 7) is 0. The fourth-order valence-corrected chi connectivity index (χ4v) is 1.29. The van der Waals surface area contributed by atoms with Gasteiger partial charge in [-0.1, -0.05) is 0 Å². The predicted octanol–water partition coefficient (Wildman–Crippen LogP) is 1.05. The molecule has 3 nitrogen and oxygen atoms in total. The highest BCUT2D eigenvalue weighted by Crippen LogP contribution is 2.25. The Morgan fingerprint density at radius 3 is 2.50 bits per heavy atom. The normalized spacial score (nSPS) is 14.7. The van der Waals surface area contributed by atoms with Gasteiger partial charge in [-0.15, -0.1) is 0 Å². The first kappa shape index (κ1) is 9.24. The summed E-state index contributed by atoms with van der Waals surface area (Å²) in [7, 11) is -1.51. The van der Waals surface area contributed by atoms with Crippen molar-refractivity contribution in [2.75, 3.05) is 0 Å². The zero-order chi connectivity index (χ0) is 9.35. The lowest BCUT2D eigenvalue weighted by Gasteiger charge is -2.01. The van der Waals surface area contributed by atoms with Gasteiger partial charge in [0.05, 0.1) is 11.1 Å². The SMILES string of the molecule is Cn1cc(S(=O)C(F)(F)F)cn1. The van der Waals surface area contributed by atoms with Crippen LogP contribution in [-0.2, 0) is 17.8 Å². The fourth-order valence-electron chi connectivity index (χ4n) is 0.628. The van der Waals surface area contributed by atoms with Crippen molar-refractivity contribution in [3.8, 4) is 0 Å². The number of aromatic nitrogens is 2. The van der Waals surface area contributed by atoms with E-state index in [-0.39, 0.29) is 4.90 Å². The predicted molar refractivity (Wildman–Crippen MR) is 35.7 cm³/mol. The van der Waals surface area contributed by atoms with Crippen molar-refractivity contribution in [2.45, 2.75) is 10.4 Å². The molecule has 0 saturated carbocycles. The Morgan fingerprint density at radius 1 is 1.58 bits per heavy atom. The van der Waals surface area contributed by atoms with E-state index in [1.807, 2.05) is 0 Å². The molecule has 0 aromatic carbocycles. The van der Waals surface area contributed by atoms with Crippen LogP contribution in [0.15, 0.2) is 17.3 Å². The summed E-state index contributed by atoms with van der Waals surface area (Å²) in [6.07, 6.45) is 2.01. The van der Waals surface area contributed by atoms with Gasteiger partial charge in [0.25, 0.3) is 0 Å². The van der Waals surface area contributed by atoms with E-state index >= 15 is 0 Å². The number of rotatable bonds is 1. The molecule has 1 unspecified atom stereocenters. The van der Waals surface area contributed by atoms with Gasteiger partial charge in [-0.25, -0.2) is 4.21 Å². The standard InChI is InChI=1S/C5H5F3N2OS/c1-10-3-4(2-9-10)12(11)5(6,7)8/h2-3H,1H3. The quantitative estimate of drug-likeness (QED) is 0.676. The van der Waals surface area contributed by atoms with E-state index in [4.69, 9.17) is 0 Å². The van der Waals surface area contributed by atoms with Gasteiger partial charge in [-0.2, -0.15) is 18.3 Å². The summed E-state index contributed by atoms with van der Waals surface area (Å²) in [6, 6.07) is 0. The van der Waals surface area contributed by atoms with Crippen molar-refractivity contribution >= 4 is 10.8 Å². The third-order valence-electron chi connectivity index (χ3n) is 1.11. The van der Waals surface area contributed by atoms with Crippen molar-refractivity contribution in [3.05, 3.63) is 12.4 Å². The van der Waals surface area contributed by atoms with Gasteiger partial charge in [-0.05, 0) is 0 Å². The number of alkyl halides is 3. The van der Waals surface area contributed by atoms with Crippen molar-refractivity contribution in [3.63, 3.8) is 0 Å². The molecule has 0 fully saturated rings. The highest BCUT2D eigenvalue weighted by molar-refractivity contribution is 7.86. The third-order valence-corrected chi connectivity index (χ3v) is 2.16. The number of hydrogen-bond donors (Lipinski definition) is 0. The largest absolute Gasteiger partial charge is 0.475 e. The van der Waals surface area contributed by atoms with Crippen molar-refractivity contribution in [2.24, 2.45) is 7.05 Å². The van der Waals surface area contributed by atoms with Crippen molar-refractivity contribution < 1.29 is 17.4 Å². The average molecular weight is 198 g/mol. The van der Waals surface area contributed by atoms with Crippen LogP contribution in [0.5, 0.6) is 0 Å². The molecule has 0 aliphatic rings. The molecule has 1 aromatic heterocycles. The van der Waals surface area contributed by atoms with Gasteiger partial charge in [0.2, 0.25) is 0 Å². The molecule has 1 rings (SSSR count). The molecule has 1 heterocycles. The third kappa shape index (κ3) is 1.84. The zero-order valence-corrected chi connectivity index (χ0v) is 6.82. The van der Waals surface area contributed by atoms with Gasteiger partial charge in [0.1, 0.15) is 0 Å². The molecule has 0 aliphatic carbocycles. The first-order valence-corrected chi connectivity index (χ1v) is 4.03. The minimum atomic E-state index is -4.71. The van der Waals surface area contributed by atoms with Crippen LogP contribution >= 0.6 is 0 Å². The van der Waals surface area contributed by atoms with Crippen molar-refractivity contribution in [1.29, 1.82) is 0 Å². The molecule has 0 bridgehead atoms. The van der Waals surface area contributed by atoms with E-state index in [2.05, 4.69) is 5.10 Å². The first-order chi connectivity index (χ1) is 5.41. The summed E-state index contributed by atoms with van der Waals surface area (Å²) < 4.78 is 47.2. The Hall–Kier alpha value is -0.850. The van der Waals surface area contributed by atoms with Gasteiger partial charge >= 0.3 is 5.51 Å². The van der Waals surface area contributed by atoms with Crippen LogP contribution in [0, 0.1) is 0 Å². The number of aryl methyl sites for hydroxylation is 1. The van der Waals surface area contributed by atoms with Gasteiger partial charge in [0.15, 0.2) is 10.8 Å². The van der Waals surface area contributed by atoms with E-state index < -0.39 is 16.3 Å². The maximum absolute atomic E-state index is 11.8. The summed E-state index contributed by atoms with van der Waals surface area (Å²) in [5, 5.41) is 3.47. The molecule has 1 aromatic rings. The van der Waals surface area contributed by atoms with Crippen LogP contribution in [0.1, 0.15) is 0 Å². The van der Waals surface area contributed by atoms with Crippen LogP contribution in [0.25, 0.3) is 0 Å². The van der Waals surface area contributed by atoms with E-state index in [0.29, 0.717) is 0 Å². The van der Waals surface area contributed by atoms with Gasteiger partial charge < -0.3 is 0 Å². The van der Waals surface area contributed by atoms with E-state index in [1.54, 1.807) is 0 Å². The average Bonchev–Trinajstić information content (AvgIpc) is 2.32. The number of hydrogen-bond acceptors (Lipinski definition) is 2. The summed E-state index contributed by atoms with van der Waals surface area (Å²) in [5.41, 5.74) is -4.71. The zero-order valence-electron chi connectivity index (χ0n) is 6.00. The highest BCUT2D eigenvalue weighted by atomic mass is 32.2. The van der Waals surface area contributed by atoms with Crippen LogP contribution in [0.4, 0.5) is 13.2 Å². The first-order valence-electron chi connectivity index (χ1n) is 2.88. The monoisotopic (exact) mass is 198 g/mol. The van der Waals surface area contributed by atoms with Crippen LogP contribution in [-0.4, -0.2) is 19.5 Å². The van der Waals surface area contributed by atoms with E-state index in [0.717, 1.165) is 12.4 Å². The Bertz CT molecular complexity index is 306. The van der Waals surface area contributed by atoms with E-state index in [9.17, 15) is 17.4 Å². The Labute approximate surface area is 68.6 Å². The molecule has 7 heteroatoms. The molecular weight excluding hydrogens is 193 g/mol. The van der Waals surface area contributed by atoms with Gasteiger partial charge in [-0.3, -0.25) is 4.68 Å². The lowest BCUT2D eigenvalue weighted by molar-refractivity contribution is -0.0384. The molecule has 0 saturated heterocycles. The molecule has 68 valence electrons. The lowest BCUT2D eigenvalue weighted by Crippen LogP contribution is -2.15. The Kier molecular flexibility index (Phi) is 2.22. The maximum atomic E-state index is 11.8. The Morgan fingerprint density at radius 2 is 2.17 bits per heavy atom. The molecule has 1 atom stereocenters. The molecule has 0 radical (unpaired) electrons. The second-order valence-corrected chi connectivity index (χ2v) is 3.54. The second-order valence-electron chi connectivity index (χ2n) is 2.06. The summed E-state index contributed by atoms with van der Waals surface area (Å²) in [4.78, 5) is -0.329. The molecule has 0 aliphatic heterocycles. The fraction of sp³-hybridized carbons (Fsp3) is 0.400. The Balaban J connectivity index is 2.93. The minimum absolute atomic E-state index is 0.329. The molecule has 0 spiro atoms. The summed E-state index contributed by atoms with van der Waals surface area (Å²) in [5.74, 6) is 0. The van der Waals surface area contributed by atoms with Crippen LogP contribution < -0.4 is 0 Å². The highest BCUT2D eigenvalue weighted by Gasteiger charge is 2.38. The second kappa shape index (κ2) is 2.89. The van der Waals surface area contributed by atoms with Crippen LogP contribution in [0.3, 0.4) is 0 Å².